The van der Waals surface area contributed by atoms with E-state index in [0.717, 1.165) is 5.56 Å². The standard InChI is InChI=1S/C19H24N4O4/c1-3-21-16-15(17(25)22(19(21)26)11-8-12-24)23(18(20-16)27-4-2)13-14-9-6-5-7-10-14/h5-7,9-10,24H,3-4,8,11-13H2,1-2H3. The zero-order valence-electron chi connectivity index (χ0n) is 15.6. The topological polar surface area (TPSA) is 91.3 Å². The second kappa shape index (κ2) is 8.22. The van der Waals surface area contributed by atoms with Crippen molar-refractivity contribution < 1.29 is 9.84 Å². The van der Waals surface area contributed by atoms with Crippen molar-refractivity contribution in [3.05, 3.63) is 56.7 Å². The van der Waals surface area contributed by atoms with Crippen molar-refractivity contribution in [2.45, 2.75) is 39.9 Å². The Balaban J connectivity index is 2.30. The largest absolute Gasteiger partial charge is 0.465 e. The van der Waals surface area contributed by atoms with Gasteiger partial charge in [0.25, 0.3) is 11.6 Å². The van der Waals surface area contributed by atoms with E-state index < -0.39 is 11.2 Å². The molecule has 0 aliphatic rings. The summed E-state index contributed by atoms with van der Waals surface area (Å²) in [6.07, 6.45) is 0.329. The van der Waals surface area contributed by atoms with E-state index in [4.69, 9.17) is 9.84 Å². The van der Waals surface area contributed by atoms with E-state index in [1.165, 1.54) is 9.13 Å². The SMILES string of the molecule is CCOc1nc2c(c(=O)n(CCCO)c(=O)n2CC)n1Cc1ccccc1. The molecule has 0 unspecified atom stereocenters. The molecular weight excluding hydrogens is 348 g/mol. The van der Waals surface area contributed by atoms with Gasteiger partial charge in [0.1, 0.15) is 0 Å². The molecular formula is C19H24N4O4. The highest BCUT2D eigenvalue weighted by Crippen LogP contribution is 2.20. The van der Waals surface area contributed by atoms with Crippen molar-refractivity contribution >= 4 is 11.2 Å². The Morgan fingerprint density at radius 1 is 1.07 bits per heavy atom. The van der Waals surface area contributed by atoms with E-state index in [2.05, 4.69) is 4.98 Å². The van der Waals surface area contributed by atoms with Gasteiger partial charge < -0.3 is 9.84 Å². The summed E-state index contributed by atoms with van der Waals surface area (Å²) in [5.41, 5.74) is 0.820. The van der Waals surface area contributed by atoms with Crippen molar-refractivity contribution in [1.82, 2.24) is 18.7 Å². The van der Waals surface area contributed by atoms with Crippen LogP contribution in [0.4, 0.5) is 0 Å². The average Bonchev–Trinajstić information content (AvgIpc) is 3.01. The van der Waals surface area contributed by atoms with Crippen LogP contribution in [0.1, 0.15) is 25.8 Å². The average molecular weight is 372 g/mol. The van der Waals surface area contributed by atoms with Gasteiger partial charge in [0.2, 0.25) is 0 Å². The highest BCUT2D eigenvalue weighted by atomic mass is 16.5. The van der Waals surface area contributed by atoms with Gasteiger partial charge in [-0.1, -0.05) is 30.3 Å². The first-order chi connectivity index (χ1) is 13.1. The van der Waals surface area contributed by atoms with Gasteiger partial charge >= 0.3 is 5.69 Å². The van der Waals surface area contributed by atoms with E-state index >= 15 is 0 Å². The fourth-order valence-electron chi connectivity index (χ4n) is 3.13. The number of aliphatic hydroxyl groups is 1. The van der Waals surface area contributed by atoms with Gasteiger partial charge in [-0.15, -0.1) is 0 Å². The molecule has 0 bridgehead atoms. The number of imidazole rings is 1. The monoisotopic (exact) mass is 372 g/mol. The molecule has 0 amide bonds. The van der Waals surface area contributed by atoms with Gasteiger partial charge in [0.05, 0.1) is 13.2 Å². The number of fused-ring (bicyclic) bond motifs is 1. The number of rotatable bonds is 8. The summed E-state index contributed by atoms with van der Waals surface area (Å²) >= 11 is 0. The van der Waals surface area contributed by atoms with Gasteiger partial charge in [0, 0.05) is 19.7 Å². The number of hydrogen-bond acceptors (Lipinski definition) is 5. The fraction of sp³-hybridized carbons (Fsp3) is 0.421. The Hall–Kier alpha value is -2.87. The molecule has 8 heteroatoms. The van der Waals surface area contributed by atoms with Gasteiger partial charge in [-0.2, -0.15) is 4.98 Å². The first-order valence-corrected chi connectivity index (χ1v) is 9.13. The van der Waals surface area contributed by atoms with Crippen LogP contribution in [0.25, 0.3) is 11.2 Å². The van der Waals surface area contributed by atoms with E-state index in [-0.39, 0.29) is 13.2 Å². The van der Waals surface area contributed by atoms with Crippen LogP contribution in [0.2, 0.25) is 0 Å². The molecule has 144 valence electrons. The summed E-state index contributed by atoms with van der Waals surface area (Å²) in [6, 6.07) is 10.0. The summed E-state index contributed by atoms with van der Waals surface area (Å²) in [7, 11) is 0. The summed E-state index contributed by atoms with van der Waals surface area (Å²) in [6.45, 7) is 4.92. The van der Waals surface area contributed by atoms with E-state index in [9.17, 15) is 9.59 Å². The van der Waals surface area contributed by atoms with Crippen LogP contribution in [-0.2, 0) is 19.6 Å². The highest BCUT2D eigenvalue weighted by Gasteiger charge is 2.21. The van der Waals surface area contributed by atoms with Crippen LogP contribution in [0, 0.1) is 0 Å². The first kappa shape index (κ1) is 18.9. The Kier molecular flexibility index (Phi) is 5.75. The summed E-state index contributed by atoms with van der Waals surface area (Å²) in [5, 5.41) is 9.11. The number of ether oxygens (including phenoxy) is 1. The predicted molar refractivity (Wildman–Crippen MR) is 102 cm³/mol. The minimum absolute atomic E-state index is 0.0937. The minimum atomic E-state index is -0.421. The molecule has 3 rings (SSSR count). The third-order valence-electron chi connectivity index (χ3n) is 4.39. The lowest BCUT2D eigenvalue weighted by Crippen LogP contribution is -2.40. The Morgan fingerprint density at radius 2 is 1.81 bits per heavy atom. The maximum atomic E-state index is 13.1. The quantitative estimate of drug-likeness (QED) is 0.642. The molecule has 3 aromatic rings. The maximum Gasteiger partial charge on any atom is 0.332 e. The molecule has 0 fully saturated rings. The lowest BCUT2D eigenvalue weighted by Gasteiger charge is -2.11. The second-order valence-corrected chi connectivity index (χ2v) is 6.13. The Morgan fingerprint density at radius 3 is 2.44 bits per heavy atom. The van der Waals surface area contributed by atoms with Crippen LogP contribution < -0.4 is 16.0 Å². The van der Waals surface area contributed by atoms with Crippen LogP contribution >= 0.6 is 0 Å². The maximum absolute atomic E-state index is 13.1. The van der Waals surface area contributed by atoms with Gasteiger partial charge in [-0.3, -0.25) is 18.5 Å². The summed E-state index contributed by atoms with van der Waals surface area (Å²) in [4.78, 5) is 30.3. The number of benzene rings is 1. The molecule has 8 nitrogen and oxygen atoms in total. The summed E-state index contributed by atoms with van der Waals surface area (Å²) < 4.78 is 10.0. The Labute approximate surface area is 156 Å². The van der Waals surface area contributed by atoms with Crippen molar-refractivity contribution in [2.24, 2.45) is 0 Å². The molecule has 0 radical (unpaired) electrons. The number of aliphatic hydroxyl groups excluding tert-OH is 1. The van der Waals surface area contributed by atoms with E-state index in [1.807, 2.05) is 44.2 Å². The second-order valence-electron chi connectivity index (χ2n) is 6.13. The molecule has 0 aliphatic heterocycles. The van der Waals surface area contributed by atoms with Crippen LogP contribution in [0.5, 0.6) is 6.01 Å². The van der Waals surface area contributed by atoms with Crippen LogP contribution in [-0.4, -0.2) is 37.0 Å². The van der Waals surface area contributed by atoms with Crippen molar-refractivity contribution in [3.63, 3.8) is 0 Å². The Bertz CT molecular complexity index is 1030. The summed E-state index contributed by atoms with van der Waals surface area (Å²) in [5.74, 6) is 0. The van der Waals surface area contributed by atoms with E-state index in [1.54, 1.807) is 4.57 Å². The molecule has 0 atom stereocenters. The highest BCUT2D eigenvalue weighted by molar-refractivity contribution is 5.72. The normalized spacial score (nSPS) is 11.2. The zero-order chi connectivity index (χ0) is 19.4. The zero-order valence-corrected chi connectivity index (χ0v) is 15.6. The third-order valence-corrected chi connectivity index (χ3v) is 4.39. The van der Waals surface area contributed by atoms with Crippen LogP contribution in [0.3, 0.4) is 0 Å². The predicted octanol–water partition coefficient (Wildman–Crippen LogP) is 1.21. The van der Waals surface area contributed by atoms with Gasteiger partial charge in [-0.25, -0.2) is 4.79 Å². The molecule has 27 heavy (non-hydrogen) atoms. The molecule has 0 aliphatic carbocycles. The van der Waals surface area contributed by atoms with Gasteiger partial charge in [0.15, 0.2) is 11.2 Å². The fourth-order valence-corrected chi connectivity index (χ4v) is 3.13. The first-order valence-electron chi connectivity index (χ1n) is 9.13. The van der Waals surface area contributed by atoms with Crippen LogP contribution in [0.15, 0.2) is 39.9 Å². The smallest absolute Gasteiger partial charge is 0.332 e. The van der Waals surface area contributed by atoms with Crippen molar-refractivity contribution in [3.8, 4) is 6.01 Å². The number of aryl methyl sites for hydroxylation is 1. The third kappa shape index (κ3) is 3.52. The van der Waals surface area contributed by atoms with Crippen molar-refractivity contribution in [2.75, 3.05) is 13.2 Å². The minimum Gasteiger partial charge on any atom is -0.465 e. The lowest BCUT2D eigenvalue weighted by molar-refractivity contribution is 0.277. The van der Waals surface area contributed by atoms with Gasteiger partial charge in [-0.05, 0) is 25.8 Å². The number of aromatic nitrogens is 4. The molecule has 0 saturated heterocycles. The number of hydrogen-bond donors (Lipinski definition) is 1. The molecule has 2 aromatic heterocycles. The molecule has 1 N–H and O–H groups in total. The van der Waals surface area contributed by atoms with Crippen molar-refractivity contribution in [1.29, 1.82) is 0 Å². The molecule has 1 aromatic carbocycles. The number of nitrogens with zero attached hydrogens (tertiary/aromatic N) is 4. The molecule has 0 saturated carbocycles. The molecule has 2 heterocycles. The molecule has 0 spiro atoms. The lowest BCUT2D eigenvalue weighted by atomic mass is 10.2. The van der Waals surface area contributed by atoms with E-state index in [0.29, 0.717) is 43.3 Å².